The summed E-state index contributed by atoms with van der Waals surface area (Å²) in [5.41, 5.74) is 0.652. The maximum atomic E-state index is 13.1. The summed E-state index contributed by atoms with van der Waals surface area (Å²) in [6.07, 6.45) is -8.30. The number of esters is 1. The second kappa shape index (κ2) is 18.5. The molecule has 0 radical (unpaired) electrons. The van der Waals surface area contributed by atoms with Crippen molar-refractivity contribution in [2.45, 2.75) is 89.8 Å². The van der Waals surface area contributed by atoms with Crippen LogP contribution in [0.15, 0.2) is 30.3 Å². The first kappa shape index (κ1) is 43.2. The fourth-order valence-corrected chi connectivity index (χ4v) is 5.06. The maximum absolute atomic E-state index is 13.1. The molecule has 1 aliphatic heterocycles. The van der Waals surface area contributed by atoms with E-state index in [4.69, 9.17) is 97.7 Å². The third-order valence-corrected chi connectivity index (χ3v) is 12.5. The quantitative estimate of drug-likeness (QED) is 0.0899. The molecule has 48 heavy (non-hydrogen) atoms. The van der Waals surface area contributed by atoms with Gasteiger partial charge in [0.05, 0.1) is 13.2 Å². The van der Waals surface area contributed by atoms with Crippen molar-refractivity contribution in [1.29, 1.82) is 0 Å². The molecule has 0 spiro atoms. The molecule has 1 heterocycles. The van der Waals surface area contributed by atoms with Gasteiger partial charge in [0.1, 0.15) is 44.2 Å². The van der Waals surface area contributed by atoms with Gasteiger partial charge in [-0.1, -0.05) is 121 Å². The summed E-state index contributed by atoms with van der Waals surface area (Å²) in [6.45, 7) is 7.76. The Morgan fingerprint density at radius 3 is 2.00 bits per heavy atom. The highest BCUT2D eigenvalue weighted by Crippen LogP contribution is 2.37. The molecule has 4 N–H and O–H groups in total. The number of hydrogen-bond donors (Lipinski definition) is 4. The van der Waals surface area contributed by atoms with Crippen molar-refractivity contribution in [2.24, 2.45) is 0 Å². The molecule has 0 aromatic heterocycles. The topological polar surface area (TPSA) is 171 Å². The molecule has 1 aromatic carbocycles. The van der Waals surface area contributed by atoms with Crippen LogP contribution in [0.5, 0.6) is 0 Å². The second-order valence-electron chi connectivity index (χ2n) is 12.3. The summed E-state index contributed by atoms with van der Waals surface area (Å²) in [5, 5.41) is 26.4. The van der Waals surface area contributed by atoms with Gasteiger partial charge in [0.15, 0.2) is 20.6 Å². The predicted octanol–water partition coefficient (Wildman–Crippen LogP) is 5.14. The molecule has 1 aromatic rings. The number of carbonyl (C=O) groups is 3. The monoisotopic (exact) mass is 818 g/mol. The van der Waals surface area contributed by atoms with Crippen LogP contribution in [0, 0.1) is 0 Å². The Kier molecular flexibility index (Phi) is 16.6. The van der Waals surface area contributed by atoms with E-state index in [9.17, 15) is 24.6 Å². The van der Waals surface area contributed by atoms with Crippen LogP contribution in [0.2, 0.25) is 18.1 Å². The number of rotatable bonds is 13. The Hall–Kier alpha value is -1.01. The average Bonchev–Trinajstić information content (AvgIpc) is 2.97. The second-order valence-corrected chi connectivity index (χ2v) is 22.1. The smallest absolute Gasteiger partial charge is 0.408 e. The molecule has 1 fully saturated rings. The first-order valence-corrected chi connectivity index (χ1v) is 19.6. The molecule has 0 saturated carbocycles. The number of halogens is 6. The van der Waals surface area contributed by atoms with Gasteiger partial charge >= 0.3 is 18.2 Å². The lowest BCUT2D eigenvalue weighted by Gasteiger charge is -2.44. The average molecular weight is 821 g/mol. The lowest BCUT2D eigenvalue weighted by Crippen LogP contribution is -2.65. The number of carbonyl (C=O) groups excluding carboxylic acids is 3. The van der Waals surface area contributed by atoms with Crippen molar-refractivity contribution in [3.05, 3.63) is 35.9 Å². The van der Waals surface area contributed by atoms with Crippen molar-refractivity contribution in [2.75, 3.05) is 26.4 Å². The van der Waals surface area contributed by atoms with E-state index in [1.807, 2.05) is 33.9 Å². The lowest BCUT2D eigenvalue weighted by atomic mass is 9.97. The number of alkyl carbamates (subject to hydrolysis) is 2. The number of nitrogens with one attached hydrogen (secondary N) is 2. The van der Waals surface area contributed by atoms with Crippen molar-refractivity contribution < 1.29 is 52.7 Å². The molecule has 20 heteroatoms. The number of benzene rings is 1. The van der Waals surface area contributed by atoms with Crippen LogP contribution in [0.1, 0.15) is 26.3 Å². The molecule has 3 unspecified atom stereocenters. The van der Waals surface area contributed by atoms with Gasteiger partial charge in [0.25, 0.3) is 0 Å². The van der Waals surface area contributed by atoms with Crippen LogP contribution in [-0.2, 0) is 39.5 Å². The van der Waals surface area contributed by atoms with Gasteiger partial charge in [0.2, 0.25) is 7.59 Å². The van der Waals surface area contributed by atoms with E-state index in [0.29, 0.717) is 5.56 Å². The van der Waals surface area contributed by atoms with Gasteiger partial charge in [-0.25, -0.2) is 14.4 Å². The fourth-order valence-electron chi connectivity index (χ4n) is 3.72. The van der Waals surface area contributed by atoms with Crippen LogP contribution in [0.25, 0.3) is 0 Å². The minimum absolute atomic E-state index is 0.150. The van der Waals surface area contributed by atoms with E-state index < -0.39 is 90.6 Å². The highest BCUT2D eigenvalue weighted by molar-refractivity contribution is 6.74. The zero-order chi connectivity index (χ0) is 36.5. The van der Waals surface area contributed by atoms with E-state index in [0.717, 1.165) is 0 Å². The Morgan fingerprint density at radius 2 is 1.46 bits per heavy atom. The van der Waals surface area contributed by atoms with Crippen molar-refractivity contribution in [3.63, 3.8) is 0 Å². The first-order valence-electron chi connectivity index (χ1n) is 14.5. The normalized spacial score (nSPS) is 22.7. The molecule has 1 aliphatic rings. The van der Waals surface area contributed by atoms with Gasteiger partial charge < -0.3 is 49.0 Å². The summed E-state index contributed by atoms with van der Waals surface area (Å²) >= 11 is 33.9. The summed E-state index contributed by atoms with van der Waals surface area (Å²) < 4.78 is 29.2. The summed E-state index contributed by atoms with van der Waals surface area (Å²) in [7, 11) is -2.35. The van der Waals surface area contributed by atoms with Crippen molar-refractivity contribution in [1.82, 2.24) is 10.6 Å². The van der Waals surface area contributed by atoms with Crippen LogP contribution >= 0.6 is 69.6 Å². The van der Waals surface area contributed by atoms with Gasteiger partial charge in [-0.15, -0.1) is 0 Å². The Bertz CT molecular complexity index is 1200. The number of ether oxygens (including phenoxy) is 5. The minimum atomic E-state index is -2.35. The van der Waals surface area contributed by atoms with Crippen molar-refractivity contribution in [3.8, 4) is 0 Å². The van der Waals surface area contributed by atoms with E-state index in [2.05, 4.69) is 10.6 Å². The van der Waals surface area contributed by atoms with Gasteiger partial charge in [-0.2, -0.15) is 0 Å². The Morgan fingerprint density at radius 1 is 0.896 bits per heavy atom. The highest BCUT2D eigenvalue weighted by atomic mass is 35.6. The lowest BCUT2D eigenvalue weighted by molar-refractivity contribution is -0.269. The molecule has 13 nitrogen and oxygen atoms in total. The SMILES string of the molecule is CC(C)(C)[Si](C)(C)OCC1O[C@@H](OCC(NC(=O)OCC(Cl)(Cl)Cl)C(=O)OCc2ccccc2)C(NC(=O)OCC(Cl)(Cl)Cl)[C@@H](O)[C@@H]1O. The van der Waals surface area contributed by atoms with Gasteiger partial charge in [0, 0.05) is 0 Å². The Labute approximate surface area is 310 Å². The molecule has 6 atom stereocenters. The molecule has 1 saturated heterocycles. The molecule has 0 aliphatic carbocycles. The zero-order valence-corrected chi connectivity index (χ0v) is 32.3. The number of alkyl halides is 6. The fraction of sp³-hybridized carbons (Fsp3) is 0.679. The van der Waals surface area contributed by atoms with Crippen LogP contribution in [-0.4, -0.2) is 107 Å². The first-order chi connectivity index (χ1) is 22.0. The maximum Gasteiger partial charge on any atom is 0.408 e. The third kappa shape index (κ3) is 15.1. The van der Waals surface area contributed by atoms with Gasteiger partial charge in [-0.3, -0.25) is 0 Å². The van der Waals surface area contributed by atoms with Crippen LogP contribution < -0.4 is 10.6 Å². The van der Waals surface area contributed by atoms with E-state index in [-0.39, 0.29) is 18.3 Å². The summed E-state index contributed by atoms with van der Waals surface area (Å²) in [6, 6.07) is 5.66. The van der Waals surface area contributed by atoms with E-state index >= 15 is 0 Å². The molecular weight excluding hydrogens is 781 g/mol. The number of aliphatic hydroxyl groups is 2. The van der Waals surface area contributed by atoms with E-state index in [1.165, 1.54) is 0 Å². The molecule has 274 valence electrons. The third-order valence-electron chi connectivity index (χ3n) is 7.36. The standard InChI is InChI=1S/C28H40Cl6N2O11Si/c1-26(2,3)48(4,5)46-13-18-20(37)21(38)19(36-25(41)45-15-28(32,33)34)23(47-18)43-12-17(35-24(40)44-14-27(29,30)31)22(39)42-11-16-9-7-6-8-10-16/h6-10,17-21,23,37-38H,11-15H2,1-5H3,(H,35,40)(H,36,41)/t17?,18?,19?,20-,21-,23-/m1/s1. The summed E-state index contributed by atoms with van der Waals surface area (Å²) in [4.78, 5) is 38.2. The molecule has 2 rings (SSSR count). The van der Waals surface area contributed by atoms with Crippen molar-refractivity contribution >= 4 is 96.1 Å². The highest BCUT2D eigenvalue weighted by Gasteiger charge is 2.48. The number of amides is 2. The minimum Gasteiger partial charge on any atom is -0.459 e. The number of aliphatic hydroxyl groups excluding tert-OH is 2. The summed E-state index contributed by atoms with van der Waals surface area (Å²) in [5.74, 6) is -0.953. The largest absolute Gasteiger partial charge is 0.459 e. The van der Waals surface area contributed by atoms with Crippen LogP contribution in [0.4, 0.5) is 9.59 Å². The molecule has 0 bridgehead atoms. The zero-order valence-electron chi connectivity index (χ0n) is 26.7. The predicted molar refractivity (Wildman–Crippen MR) is 183 cm³/mol. The Balaban J connectivity index is 2.29. The number of hydrogen-bond acceptors (Lipinski definition) is 11. The van der Waals surface area contributed by atoms with Crippen LogP contribution in [0.3, 0.4) is 0 Å². The molecular formula is C28H40Cl6N2O11Si. The molecule has 2 amide bonds. The van der Waals surface area contributed by atoms with Gasteiger partial charge in [-0.05, 0) is 23.7 Å². The van der Waals surface area contributed by atoms with E-state index in [1.54, 1.807) is 30.3 Å².